The molecule has 0 aliphatic heterocycles. The van der Waals surface area contributed by atoms with Gasteiger partial charge in [-0.3, -0.25) is 14.6 Å². The lowest BCUT2D eigenvalue weighted by molar-refractivity contribution is 0.0952. The van der Waals surface area contributed by atoms with Crippen molar-refractivity contribution in [2.45, 2.75) is 6.42 Å². The Balaban J connectivity index is 1.96. The van der Waals surface area contributed by atoms with Crippen LogP contribution in [0.4, 0.5) is 5.69 Å². The molecule has 0 atom stereocenters. The van der Waals surface area contributed by atoms with E-state index in [-0.39, 0.29) is 11.8 Å². The van der Waals surface area contributed by atoms with Crippen LogP contribution in [0.25, 0.3) is 0 Å². The van der Waals surface area contributed by atoms with Gasteiger partial charge in [-0.15, -0.1) is 0 Å². The average Bonchev–Trinajstić information content (AvgIpc) is 2.65. The van der Waals surface area contributed by atoms with Crippen molar-refractivity contribution in [3.63, 3.8) is 0 Å². The predicted molar refractivity (Wildman–Crippen MR) is 101 cm³/mol. The summed E-state index contributed by atoms with van der Waals surface area (Å²) in [5.74, 6) is 0.137. The van der Waals surface area contributed by atoms with E-state index in [0.717, 1.165) is 13.0 Å². The molecule has 0 saturated heterocycles. The molecule has 1 aromatic carbocycles. The van der Waals surface area contributed by atoms with E-state index in [9.17, 15) is 9.59 Å². The molecule has 0 bridgehead atoms. The van der Waals surface area contributed by atoms with E-state index in [1.165, 1.54) is 18.5 Å². The summed E-state index contributed by atoms with van der Waals surface area (Å²) in [6.45, 7) is 1.46. The standard InChI is InChI=1S/C19H24N4O3/c1-23(2)10-4-9-21-18(24)14-11-15(13-20-12-14)19(25)22-16-5-7-17(26-3)8-6-16/h5-8,11-13H,4,9-10H2,1-3H3,(H,21,24)(H,22,25). The van der Waals surface area contributed by atoms with E-state index < -0.39 is 0 Å². The number of aromatic nitrogens is 1. The molecule has 1 aromatic heterocycles. The fraction of sp³-hybridized carbons (Fsp3) is 0.316. The highest BCUT2D eigenvalue weighted by atomic mass is 16.5. The summed E-state index contributed by atoms with van der Waals surface area (Å²) >= 11 is 0. The molecular formula is C19H24N4O3. The normalized spacial score (nSPS) is 10.5. The van der Waals surface area contributed by atoms with E-state index in [1.54, 1.807) is 31.4 Å². The Morgan fingerprint density at radius 1 is 1.08 bits per heavy atom. The largest absolute Gasteiger partial charge is 0.497 e. The molecule has 1 heterocycles. The number of nitrogens with zero attached hydrogens (tertiary/aromatic N) is 2. The minimum absolute atomic E-state index is 0.240. The Morgan fingerprint density at radius 3 is 2.35 bits per heavy atom. The summed E-state index contributed by atoms with van der Waals surface area (Å²) in [4.78, 5) is 30.6. The van der Waals surface area contributed by atoms with Gasteiger partial charge in [0.05, 0.1) is 18.2 Å². The van der Waals surface area contributed by atoms with Crippen LogP contribution in [0.3, 0.4) is 0 Å². The first-order valence-electron chi connectivity index (χ1n) is 8.33. The van der Waals surface area contributed by atoms with Gasteiger partial charge in [0.2, 0.25) is 0 Å². The number of carbonyl (C=O) groups is 2. The molecule has 138 valence electrons. The van der Waals surface area contributed by atoms with Gasteiger partial charge in [-0.05, 0) is 57.4 Å². The number of methoxy groups -OCH3 is 1. The molecule has 2 aromatic rings. The van der Waals surface area contributed by atoms with Gasteiger partial charge in [0, 0.05) is 24.6 Å². The fourth-order valence-corrected chi connectivity index (χ4v) is 2.27. The second-order valence-corrected chi connectivity index (χ2v) is 6.06. The number of rotatable bonds is 8. The quantitative estimate of drug-likeness (QED) is 0.707. The highest BCUT2D eigenvalue weighted by molar-refractivity contribution is 6.05. The molecule has 26 heavy (non-hydrogen) atoms. The molecule has 0 spiro atoms. The Bertz CT molecular complexity index is 745. The van der Waals surface area contributed by atoms with Crippen molar-refractivity contribution < 1.29 is 14.3 Å². The number of ether oxygens (including phenoxy) is 1. The highest BCUT2D eigenvalue weighted by Crippen LogP contribution is 2.16. The summed E-state index contributed by atoms with van der Waals surface area (Å²) in [7, 11) is 5.55. The maximum Gasteiger partial charge on any atom is 0.257 e. The van der Waals surface area contributed by atoms with Crippen molar-refractivity contribution in [3.05, 3.63) is 53.9 Å². The molecular weight excluding hydrogens is 332 g/mol. The molecule has 2 amide bonds. The number of pyridine rings is 1. The molecule has 0 saturated carbocycles. The molecule has 0 radical (unpaired) electrons. The molecule has 7 nitrogen and oxygen atoms in total. The Kier molecular flexibility index (Phi) is 7.11. The Morgan fingerprint density at radius 2 is 1.73 bits per heavy atom. The minimum Gasteiger partial charge on any atom is -0.497 e. The van der Waals surface area contributed by atoms with Crippen molar-refractivity contribution in [3.8, 4) is 5.75 Å². The van der Waals surface area contributed by atoms with Crippen LogP contribution >= 0.6 is 0 Å². The van der Waals surface area contributed by atoms with Gasteiger partial charge in [-0.2, -0.15) is 0 Å². The second kappa shape index (κ2) is 9.53. The van der Waals surface area contributed by atoms with Crippen LogP contribution in [0.1, 0.15) is 27.1 Å². The zero-order valence-electron chi connectivity index (χ0n) is 15.3. The van der Waals surface area contributed by atoms with Crippen LogP contribution in [0.15, 0.2) is 42.7 Å². The van der Waals surface area contributed by atoms with Gasteiger partial charge in [0.15, 0.2) is 0 Å². The summed E-state index contributed by atoms with van der Waals surface area (Å²) < 4.78 is 5.08. The van der Waals surface area contributed by atoms with Gasteiger partial charge < -0.3 is 20.3 Å². The van der Waals surface area contributed by atoms with Crippen LogP contribution in [0, 0.1) is 0 Å². The number of benzene rings is 1. The number of nitrogens with one attached hydrogen (secondary N) is 2. The second-order valence-electron chi connectivity index (χ2n) is 6.06. The third-order valence-electron chi connectivity index (χ3n) is 3.68. The number of carbonyl (C=O) groups excluding carboxylic acids is 2. The smallest absolute Gasteiger partial charge is 0.257 e. The molecule has 0 unspecified atom stereocenters. The number of hydrogen-bond acceptors (Lipinski definition) is 5. The maximum absolute atomic E-state index is 12.4. The van der Waals surface area contributed by atoms with Gasteiger partial charge in [0.1, 0.15) is 5.75 Å². The molecule has 0 fully saturated rings. The summed E-state index contributed by atoms with van der Waals surface area (Å²) in [6.07, 6.45) is 3.73. The number of hydrogen-bond donors (Lipinski definition) is 2. The lowest BCUT2D eigenvalue weighted by Gasteiger charge is -2.10. The van der Waals surface area contributed by atoms with Gasteiger partial charge >= 0.3 is 0 Å². The van der Waals surface area contributed by atoms with Crippen LogP contribution in [-0.4, -0.2) is 56.0 Å². The van der Waals surface area contributed by atoms with E-state index >= 15 is 0 Å². The minimum atomic E-state index is -0.329. The summed E-state index contributed by atoms with van der Waals surface area (Å²) in [5, 5.41) is 5.60. The Labute approximate surface area is 153 Å². The maximum atomic E-state index is 12.4. The van der Waals surface area contributed by atoms with E-state index in [0.29, 0.717) is 29.1 Å². The lowest BCUT2D eigenvalue weighted by atomic mass is 10.1. The van der Waals surface area contributed by atoms with Gasteiger partial charge in [-0.1, -0.05) is 0 Å². The molecule has 7 heteroatoms. The first kappa shape index (κ1) is 19.4. The van der Waals surface area contributed by atoms with Crippen LogP contribution in [-0.2, 0) is 0 Å². The third kappa shape index (κ3) is 5.86. The first-order chi connectivity index (χ1) is 12.5. The van der Waals surface area contributed by atoms with Crippen molar-refractivity contribution in [1.82, 2.24) is 15.2 Å². The van der Waals surface area contributed by atoms with Gasteiger partial charge in [-0.25, -0.2) is 0 Å². The van der Waals surface area contributed by atoms with E-state index in [4.69, 9.17) is 4.74 Å². The average molecular weight is 356 g/mol. The summed E-state index contributed by atoms with van der Waals surface area (Å²) in [6, 6.07) is 8.53. The Hall–Kier alpha value is -2.93. The molecule has 2 rings (SSSR count). The highest BCUT2D eigenvalue weighted by Gasteiger charge is 2.11. The fourth-order valence-electron chi connectivity index (χ4n) is 2.27. The van der Waals surface area contributed by atoms with Crippen molar-refractivity contribution in [2.24, 2.45) is 0 Å². The molecule has 2 N–H and O–H groups in total. The van der Waals surface area contributed by atoms with E-state index in [1.807, 2.05) is 14.1 Å². The zero-order valence-corrected chi connectivity index (χ0v) is 15.3. The predicted octanol–water partition coefficient (Wildman–Crippen LogP) is 2.02. The van der Waals surface area contributed by atoms with Crippen LogP contribution in [0.2, 0.25) is 0 Å². The molecule has 0 aliphatic carbocycles. The van der Waals surface area contributed by atoms with Gasteiger partial charge in [0.25, 0.3) is 11.8 Å². The van der Waals surface area contributed by atoms with E-state index in [2.05, 4.69) is 20.5 Å². The monoisotopic (exact) mass is 356 g/mol. The zero-order chi connectivity index (χ0) is 18.9. The van der Waals surface area contributed by atoms with Crippen molar-refractivity contribution in [2.75, 3.05) is 39.6 Å². The van der Waals surface area contributed by atoms with Crippen LogP contribution in [0.5, 0.6) is 5.75 Å². The number of amides is 2. The van der Waals surface area contributed by atoms with Crippen molar-refractivity contribution >= 4 is 17.5 Å². The number of anilines is 1. The van der Waals surface area contributed by atoms with Crippen molar-refractivity contribution in [1.29, 1.82) is 0 Å². The molecule has 0 aliphatic rings. The summed E-state index contributed by atoms with van der Waals surface area (Å²) in [5.41, 5.74) is 1.31. The lowest BCUT2D eigenvalue weighted by Crippen LogP contribution is -2.27. The first-order valence-corrected chi connectivity index (χ1v) is 8.33. The third-order valence-corrected chi connectivity index (χ3v) is 3.68. The SMILES string of the molecule is COc1ccc(NC(=O)c2cncc(C(=O)NCCCN(C)C)c2)cc1. The topological polar surface area (TPSA) is 83.6 Å². The van der Waals surface area contributed by atoms with Crippen LogP contribution < -0.4 is 15.4 Å².